The molecule has 3 aromatic rings. The van der Waals surface area contributed by atoms with Crippen LogP contribution in [0, 0.1) is 0 Å². The van der Waals surface area contributed by atoms with Crippen LogP contribution in [-0.4, -0.2) is 33.8 Å². The predicted octanol–water partition coefficient (Wildman–Crippen LogP) is 0.380. The third kappa shape index (κ3) is 2.67. The number of aromatic amines is 1. The number of benzene rings is 1. The first-order valence-corrected chi connectivity index (χ1v) is 8.11. The Balaban J connectivity index is 1.93. The summed E-state index contributed by atoms with van der Waals surface area (Å²) in [6.07, 6.45) is 6.75. The number of aromatic nitrogens is 4. The Hall–Kier alpha value is -3.09. The molecule has 0 unspecified atom stereocenters. The molecule has 0 saturated carbocycles. The molecule has 2 aromatic heterocycles. The molecule has 4 rings (SSSR count). The fourth-order valence-corrected chi connectivity index (χ4v) is 3.03. The van der Waals surface area contributed by atoms with E-state index in [2.05, 4.69) is 21.1 Å². The van der Waals surface area contributed by atoms with Crippen molar-refractivity contribution in [2.45, 2.75) is 19.3 Å². The van der Waals surface area contributed by atoms with Crippen LogP contribution >= 0.6 is 0 Å². The number of ether oxygens (including phenoxy) is 2. The number of nitrogens with zero attached hydrogens (tertiary/aromatic N) is 3. The molecule has 1 aromatic carbocycles. The van der Waals surface area contributed by atoms with Gasteiger partial charge in [0.15, 0.2) is 11.5 Å². The van der Waals surface area contributed by atoms with E-state index in [9.17, 15) is 4.79 Å². The van der Waals surface area contributed by atoms with E-state index in [-0.39, 0.29) is 5.56 Å². The zero-order valence-electron chi connectivity index (χ0n) is 14.1. The summed E-state index contributed by atoms with van der Waals surface area (Å²) in [5.41, 5.74) is 1.51. The van der Waals surface area contributed by atoms with E-state index in [0.29, 0.717) is 22.6 Å². The highest BCUT2D eigenvalue weighted by atomic mass is 16.5. The number of fused-ring (bicyclic) bond motifs is 2. The normalized spacial score (nSPS) is 14.2. The molecule has 0 atom stereocenters. The summed E-state index contributed by atoms with van der Waals surface area (Å²) in [4.78, 5) is 19.7. The first kappa shape index (κ1) is 15.4. The summed E-state index contributed by atoms with van der Waals surface area (Å²) in [5.74, 6) is 1.69. The van der Waals surface area contributed by atoms with Gasteiger partial charge in [-0.25, -0.2) is 4.98 Å². The number of nitrogens with one attached hydrogen (secondary N) is 1. The van der Waals surface area contributed by atoms with E-state index in [1.54, 1.807) is 30.9 Å². The van der Waals surface area contributed by atoms with Gasteiger partial charge < -0.3 is 9.47 Å². The van der Waals surface area contributed by atoms with E-state index in [0.717, 1.165) is 35.9 Å². The first-order chi connectivity index (χ1) is 12.2. The second-order valence-electron chi connectivity index (χ2n) is 5.87. The highest BCUT2D eigenvalue weighted by molar-refractivity contribution is 5.55. The Morgan fingerprint density at radius 1 is 1.24 bits per heavy atom. The number of hydrogen-bond acceptors (Lipinski definition) is 5. The molecule has 0 bridgehead atoms. The molecular formula is C18H18N4O3. The number of imidazole rings is 1. The van der Waals surface area contributed by atoms with Gasteiger partial charge in [0, 0.05) is 0 Å². The van der Waals surface area contributed by atoms with Gasteiger partial charge in [-0.2, -0.15) is 9.61 Å². The molecule has 0 amide bonds. The van der Waals surface area contributed by atoms with Crippen LogP contribution in [0.5, 0.6) is 11.5 Å². The van der Waals surface area contributed by atoms with Crippen LogP contribution in [0.3, 0.4) is 0 Å². The Morgan fingerprint density at radius 3 is 2.88 bits per heavy atom. The topological polar surface area (TPSA) is 81.5 Å². The lowest BCUT2D eigenvalue weighted by molar-refractivity contribution is 0.355. The third-order valence-electron chi connectivity index (χ3n) is 4.30. The fraction of sp³-hybridized carbons (Fsp3) is 0.278. The van der Waals surface area contributed by atoms with Crippen molar-refractivity contribution in [3.8, 4) is 11.5 Å². The summed E-state index contributed by atoms with van der Waals surface area (Å²) >= 11 is 0. The van der Waals surface area contributed by atoms with Gasteiger partial charge in [0.1, 0.15) is 5.35 Å². The van der Waals surface area contributed by atoms with Gasteiger partial charge in [0.05, 0.1) is 25.3 Å². The van der Waals surface area contributed by atoms with Crippen LogP contribution in [0.4, 0.5) is 0 Å². The van der Waals surface area contributed by atoms with Crippen molar-refractivity contribution in [3.63, 3.8) is 0 Å². The minimum atomic E-state index is -0.225. The van der Waals surface area contributed by atoms with Gasteiger partial charge in [-0.15, -0.1) is 0 Å². The van der Waals surface area contributed by atoms with Gasteiger partial charge in [-0.1, -0.05) is 12.1 Å². The number of aryl methyl sites for hydroxylation is 1. The highest BCUT2D eigenvalue weighted by Gasteiger charge is 2.11. The van der Waals surface area contributed by atoms with Crippen LogP contribution in [-0.2, 0) is 6.42 Å². The molecule has 7 heteroatoms. The largest absolute Gasteiger partial charge is 0.493 e. The van der Waals surface area contributed by atoms with E-state index in [1.807, 2.05) is 12.1 Å². The quantitative estimate of drug-likeness (QED) is 0.747. The zero-order valence-corrected chi connectivity index (χ0v) is 14.1. The van der Waals surface area contributed by atoms with Crippen molar-refractivity contribution < 1.29 is 9.47 Å². The SMILES string of the molecule is COc1ccc(/C=c2\c(=O)[nH]c3nc4c(nn23)CCCC=4)cc1OC. The van der Waals surface area contributed by atoms with Crippen molar-refractivity contribution in [1.29, 1.82) is 0 Å². The van der Waals surface area contributed by atoms with Crippen molar-refractivity contribution in [2.24, 2.45) is 0 Å². The Morgan fingerprint density at radius 2 is 2.08 bits per heavy atom. The number of H-pyrrole nitrogens is 1. The van der Waals surface area contributed by atoms with Crippen LogP contribution in [0.2, 0.25) is 0 Å². The Bertz CT molecular complexity index is 1130. The Kier molecular flexibility index (Phi) is 3.76. The van der Waals surface area contributed by atoms with E-state index >= 15 is 0 Å². The number of rotatable bonds is 3. The average Bonchev–Trinajstić information content (AvgIpc) is 2.94. The summed E-state index contributed by atoms with van der Waals surface area (Å²) in [7, 11) is 3.16. The van der Waals surface area contributed by atoms with E-state index < -0.39 is 0 Å². The lowest BCUT2D eigenvalue weighted by Gasteiger charge is -2.07. The molecule has 0 spiro atoms. The number of hydrogen-bond donors (Lipinski definition) is 1. The van der Waals surface area contributed by atoms with Crippen molar-refractivity contribution in [1.82, 2.24) is 19.6 Å². The molecule has 0 radical (unpaired) electrons. The second-order valence-corrected chi connectivity index (χ2v) is 5.87. The molecule has 1 aliphatic rings. The van der Waals surface area contributed by atoms with Crippen molar-refractivity contribution >= 4 is 17.9 Å². The smallest absolute Gasteiger partial charge is 0.276 e. The minimum Gasteiger partial charge on any atom is -0.493 e. The molecule has 1 N–H and O–H groups in total. The van der Waals surface area contributed by atoms with Crippen molar-refractivity contribution in [2.75, 3.05) is 14.2 Å². The molecule has 0 aliphatic heterocycles. The lowest BCUT2D eigenvalue weighted by Crippen LogP contribution is -2.30. The summed E-state index contributed by atoms with van der Waals surface area (Å²) in [6.45, 7) is 0. The Labute approximate surface area is 143 Å². The molecule has 128 valence electrons. The molecule has 2 heterocycles. The highest BCUT2D eigenvalue weighted by Crippen LogP contribution is 2.27. The fourth-order valence-electron chi connectivity index (χ4n) is 3.03. The molecular weight excluding hydrogens is 320 g/mol. The summed E-state index contributed by atoms with van der Waals surface area (Å²) in [6, 6.07) is 5.48. The molecule has 0 fully saturated rings. The predicted molar refractivity (Wildman–Crippen MR) is 93.4 cm³/mol. The minimum absolute atomic E-state index is 0.225. The van der Waals surface area contributed by atoms with Crippen LogP contribution in [0.1, 0.15) is 24.1 Å². The van der Waals surface area contributed by atoms with Gasteiger partial charge in [0.25, 0.3) is 5.56 Å². The second kappa shape index (κ2) is 6.08. The monoisotopic (exact) mass is 338 g/mol. The van der Waals surface area contributed by atoms with Gasteiger partial charge in [-0.05, 0) is 43.0 Å². The van der Waals surface area contributed by atoms with Gasteiger partial charge in [0.2, 0.25) is 5.78 Å². The van der Waals surface area contributed by atoms with Crippen LogP contribution in [0.15, 0.2) is 23.0 Å². The van der Waals surface area contributed by atoms with Gasteiger partial charge in [-0.3, -0.25) is 9.78 Å². The maximum Gasteiger partial charge on any atom is 0.276 e. The number of methoxy groups -OCH3 is 2. The molecule has 1 aliphatic carbocycles. The van der Waals surface area contributed by atoms with Crippen LogP contribution < -0.4 is 25.7 Å². The molecule has 25 heavy (non-hydrogen) atoms. The molecule has 0 saturated heterocycles. The lowest BCUT2D eigenvalue weighted by atomic mass is 10.1. The first-order valence-electron chi connectivity index (χ1n) is 8.11. The maximum absolute atomic E-state index is 12.4. The third-order valence-corrected chi connectivity index (χ3v) is 4.30. The molecule has 7 nitrogen and oxygen atoms in total. The van der Waals surface area contributed by atoms with Gasteiger partial charge >= 0.3 is 0 Å². The summed E-state index contributed by atoms with van der Waals surface area (Å²) < 4.78 is 12.1. The van der Waals surface area contributed by atoms with Crippen LogP contribution in [0.25, 0.3) is 17.9 Å². The maximum atomic E-state index is 12.4. The average molecular weight is 338 g/mol. The standard InChI is InChI=1S/C18H18N4O3/c1-24-15-8-7-11(10-16(15)25-2)9-14-17(23)20-18-19-12-5-3-4-6-13(12)21-22(14)18/h5,7-10H,3-4,6H2,1-2H3,(H,19,20,23)/b14-9+. The van der Waals surface area contributed by atoms with Crippen molar-refractivity contribution in [3.05, 3.63) is 50.5 Å². The zero-order chi connectivity index (χ0) is 17.4. The van der Waals surface area contributed by atoms with E-state index in [4.69, 9.17) is 9.47 Å². The van der Waals surface area contributed by atoms with E-state index in [1.165, 1.54) is 0 Å². The summed E-state index contributed by atoms with van der Waals surface area (Å²) in [5, 5.41) is 5.91.